The molecule has 1 N–H and O–H groups in total. The molecular formula is C23H34N4O6S. The SMILES string of the molecule is CCN(CC)S(=O)(=O)c1ccc2c(c1)N(CC(=O)NC[C@H]1COCCO1)C(=O)[C@@H]1CCCCN21. The third-order valence-electron chi connectivity index (χ3n) is 6.66. The van der Waals surface area contributed by atoms with Crippen LogP contribution in [0.3, 0.4) is 0 Å². The van der Waals surface area contributed by atoms with Crippen molar-refractivity contribution >= 4 is 33.2 Å². The number of sulfonamides is 1. The van der Waals surface area contributed by atoms with Crippen LogP contribution in [0.4, 0.5) is 11.4 Å². The Balaban J connectivity index is 1.62. The molecule has 0 unspecified atom stereocenters. The molecule has 34 heavy (non-hydrogen) atoms. The van der Waals surface area contributed by atoms with E-state index in [0.717, 1.165) is 25.1 Å². The highest BCUT2D eigenvalue weighted by molar-refractivity contribution is 7.89. The molecular weight excluding hydrogens is 460 g/mol. The van der Waals surface area contributed by atoms with E-state index in [9.17, 15) is 18.0 Å². The van der Waals surface area contributed by atoms with Crippen molar-refractivity contribution in [1.29, 1.82) is 0 Å². The first-order valence-electron chi connectivity index (χ1n) is 12.0. The van der Waals surface area contributed by atoms with Gasteiger partial charge in [0.15, 0.2) is 0 Å². The van der Waals surface area contributed by atoms with E-state index < -0.39 is 10.0 Å². The van der Waals surface area contributed by atoms with Gasteiger partial charge in [0.05, 0.1) is 42.2 Å². The van der Waals surface area contributed by atoms with Crippen LogP contribution in [0.2, 0.25) is 0 Å². The largest absolute Gasteiger partial charge is 0.376 e. The molecule has 188 valence electrons. The first-order valence-corrected chi connectivity index (χ1v) is 13.5. The van der Waals surface area contributed by atoms with Gasteiger partial charge in [0.25, 0.3) is 0 Å². The zero-order valence-electron chi connectivity index (χ0n) is 19.9. The van der Waals surface area contributed by atoms with E-state index in [1.807, 2.05) is 0 Å². The van der Waals surface area contributed by atoms with E-state index in [4.69, 9.17) is 9.47 Å². The summed E-state index contributed by atoms with van der Waals surface area (Å²) in [6.07, 6.45) is 2.40. The van der Waals surface area contributed by atoms with Crippen molar-refractivity contribution in [2.75, 3.05) is 62.3 Å². The monoisotopic (exact) mass is 494 g/mol. The van der Waals surface area contributed by atoms with Crippen LogP contribution in [0.1, 0.15) is 33.1 Å². The van der Waals surface area contributed by atoms with Gasteiger partial charge in [-0.2, -0.15) is 4.31 Å². The summed E-state index contributed by atoms with van der Waals surface area (Å²) in [6.45, 7) is 6.56. The molecule has 0 aromatic heterocycles. The fourth-order valence-corrected chi connectivity index (χ4v) is 6.33. The molecule has 11 heteroatoms. The van der Waals surface area contributed by atoms with Gasteiger partial charge in [-0.3, -0.25) is 14.5 Å². The molecule has 1 aromatic rings. The second-order valence-corrected chi connectivity index (χ2v) is 10.7. The highest BCUT2D eigenvalue weighted by Crippen LogP contribution is 2.40. The van der Waals surface area contributed by atoms with Gasteiger partial charge in [0.1, 0.15) is 12.6 Å². The predicted molar refractivity (Wildman–Crippen MR) is 127 cm³/mol. The molecule has 3 aliphatic heterocycles. The van der Waals surface area contributed by atoms with Crippen LogP contribution in [-0.4, -0.2) is 89.2 Å². The van der Waals surface area contributed by atoms with Crippen molar-refractivity contribution in [2.45, 2.75) is 50.2 Å². The number of benzene rings is 1. The highest BCUT2D eigenvalue weighted by Gasteiger charge is 2.40. The first-order chi connectivity index (χ1) is 16.4. The number of fused-ring (bicyclic) bond motifs is 3. The maximum absolute atomic E-state index is 13.5. The first kappa shape index (κ1) is 24.9. The summed E-state index contributed by atoms with van der Waals surface area (Å²) in [5.74, 6) is -0.494. The Morgan fingerprint density at radius 3 is 2.68 bits per heavy atom. The maximum atomic E-state index is 13.5. The van der Waals surface area contributed by atoms with Crippen LogP contribution < -0.4 is 15.1 Å². The molecule has 0 radical (unpaired) electrons. The van der Waals surface area contributed by atoms with Crippen molar-refractivity contribution in [3.05, 3.63) is 18.2 Å². The number of carbonyl (C=O) groups is 2. The van der Waals surface area contributed by atoms with Gasteiger partial charge in [-0.15, -0.1) is 0 Å². The number of ether oxygens (including phenoxy) is 2. The highest BCUT2D eigenvalue weighted by atomic mass is 32.2. The zero-order chi connectivity index (χ0) is 24.3. The van der Waals surface area contributed by atoms with Gasteiger partial charge in [-0.1, -0.05) is 13.8 Å². The van der Waals surface area contributed by atoms with Crippen LogP contribution >= 0.6 is 0 Å². The molecule has 3 aliphatic rings. The van der Waals surface area contributed by atoms with E-state index in [-0.39, 0.29) is 35.4 Å². The second kappa shape index (κ2) is 10.6. The molecule has 0 spiro atoms. The Kier molecular flexibility index (Phi) is 7.76. The van der Waals surface area contributed by atoms with Gasteiger partial charge >= 0.3 is 0 Å². The summed E-state index contributed by atoms with van der Waals surface area (Å²) in [7, 11) is -3.71. The quantitative estimate of drug-likeness (QED) is 0.573. The summed E-state index contributed by atoms with van der Waals surface area (Å²) < 4.78 is 38.6. The third-order valence-corrected chi connectivity index (χ3v) is 8.70. The minimum atomic E-state index is -3.71. The van der Waals surface area contributed by atoms with Crippen LogP contribution in [0, 0.1) is 0 Å². The van der Waals surface area contributed by atoms with Gasteiger partial charge < -0.3 is 19.7 Å². The predicted octanol–water partition coefficient (Wildman–Crippen LogP) is 0.954. The molecule has 0 aliphatic carbocycles. The van der Waals surface area contributed by atoms with Crippen molar-refractivity contribution in [3.63, 3.8) is 0 Å². The number of rotatable bonds is 8. The van der Waals surface area contributed by atoms with Crippen LogP contribution in [0.15, 0.2) is 23.1 Å². The molecule has 2 amide bonds. The lowest BCUT2D eigenvalue weighted by Gasteiger charge is -2.45. The number of nitrogens with one attached hydrogen (secondary N) is 1. The van der Waals surface area contributed by atoms with Gasteiger partial charge in [-0.05, 0) is 37.5 Å². The minimum Gasteiger partial charge on any atom is -0.376 e. The summed E-state index contributed by atoms with van der Waals surface area (Å²) in [6, 6.07) is 4.58. The lowest BCUT2D eigenvalue weighted by molar-refractivity contribution is -0.126. The number of anilines is 2. The van der Waals surface area contributed by atoms with E-state index in [1.165, 1.54) is 15.3 Å². The number of amides is 2. The van der Waals surface area contributed by atoms with Crippen LogP contribution in [0.25, 0.3) is 0 Å². The van der Waals surface area contributed by atoms with E-state index in [2.05, 4.69) is 10.2 Å². The number of carbonyl (C=O) groups excluding carboxylic acids is 2. The smallest absolute Gasteiger partial charge is 0.250 e. The topological polar surface area (TPSA) is 108 Å². The fourth-order valence-electron chi connectivity index (χ4n) is 4.86. The third kappa shape index (κ3) is 4.93. The van der Waals surface area contributed by atoms with Crippen molar-refractivity contribution < 1.29 is 27.5 Å². The molecule has 2 saturated heterocycles. The lowest BCUT2D eigenvalue weighted by Crippen LogP contribution is -2.57. The molecule has 10 nitrogen and oxygen atoms in total. The van der Waals surface area contributed by atoms with Gasteiger partial charge in [0.2, 0.25) is 21.8 Å². The molecule has 0 saturated carbocycles. The Hall–Kier alpha value is -2.21. The van der Waals surface area contributed by atoms with Crippen LogP contribution in [-0.2, 0) is 29.1 Å². The van der Waals surface area contributed by atoms with Crippen LogP contribution in [0.5, 0.6) is 0 Å². The standard InChI is InChI=1S/C23H34N4O6S/c1-3-25(4-2)34(30,31)18-8-9-19-21(13-18)27(23(29)20-7-5-6-10-26(19)20)15-22(28)24-14-17-16-32-11-12-33-17/h8-9,13,17,20H,3-7,10-12,14-16H2,1-2H3,(H,24,28)/t17-,20-/m0/s1. The fraction of sp³-hybridized carbons (Fsp3) is 0.652. The zero-order valence-corrected chi connectivity index (χ0v) is 20.7. The minimum absolute atomic E-state index is 0.122. The molecule has 3 heterocycles. The normalized spacial score (nSPS) is 23.0. The summed E-state index contributed by atoms with van der Waals surface area (Å²) in [4.78, 5) is 29.9. The van der Waals surface area contributed by atoms with E-state index in [0.29, 0.717) is 51.6 Å². The number of hydrogen-bond donors (Lipinski definition) is 1. The van der Waals surface area contributed by atoms with Gasteiger partial charge in [0, 0.05) is 26.2 Å². The lowest BCUT2D eigenvalue weighted by atomic mass is 9.96. The van der Waals surface area contributed by atoms with Crippen molar-refractivity contribution in [2.24, 2.45) is 0 Å². The Labute approximate surface area is 201 Å². The number of hydrogen-bond acceptors (Lipinski definition) is 7. The average molecular weight is 495 g/mol. The van der Waals surface area contributed by atoms with Crippen molar-refractivity contribution in [3.8, 4) is 0 Å². The number of piperidine rings is 1. The molecule has 2 fully saturated rings. The second-order valence-electron chi connectivity index (χ2n) is 8.74. The van der Waals surface area contributed by atoms with Crippen molar-refractivity contribution in [1.82, 2.24) is 9.62 Å². The van der Waals surface area contributed by atoms with E-state index in [1.54, 1.807) is 26.0 Å². The summed E-state index contributed by atoms with van der Waals surface area (Å²) >= 11 is 0. The molecule has 4 rings (SSSR count). The maximum Gasteiger partial charge on any atom is 0.250 e. The number of nitrogens with zero attached hydrogens (tertiary/aromatic N) is 3. The summed E-state index contributed by atoms with van der Waals surface area (Å²) in [5.41, 5.74) is 1.25. The molecule has 1 aromatic carbocycles. The van der Waals surface area contributed by atoms with E-state index >= 15 is 0 Å². The summed E-state index contributed by atoms with van der Waals surface area (Å²) in [5, 5.41) is 2.83. The molecule has 2 atom stereocenters. The Morgan fingerprint density at radius 1 is 1.18 bits per heavy atom. The Morgan fingerprint density at radius 2 is 1.97 bits per heavy atom. The van der Waals surface area contributed by atoms with Gasteiger partial charge in [-0.25, -0.2) is 8.42 Å². The molecule has 0 bridgehead atoms. The Bertz CT molecular complexity index is 1010. The average Bonchev–Trinajstić information content (AvgIpc) is 2.86.